The highest BCUT2D eigenvalue weighted by Crippen LogP contribution is 2.31. The lowest BCUT2D eigenvalue weighted by atomic mass is 10.2. The third-order valence-corrected chi connectivity index (χ3v) is 3.28. The summed E-state index contributed by atoms with van der Waals surface area (Å²) in [6.07, 6.45) is 0. The second-order valence-electron chi connectivity index (χ2n) is 4.41. The van der Waals surface area contributed by atoms with E-state index in [0.29, 0.717) is 23.9 Å². The highest BCUT2D eigenvalue weighted by Gasteiger charge is 2.23. The van der Waals surface area contributed by atoms with Crippen molar-refractivity contribution < 1.29 is 9.53 Å². The largest absolute Gasteiger partial charge is 0.490 e. The van der Waals surface area contributed by atoms with E-state index in [2.05, 4.69) is 5.32 Å². The molecule has 0 spiro atoms. The molecule has 2 aromatic carbocycles. The van der Waals surface area contributed by atoms with Gasteiger partial charge >= 0.3 is 6.03 Å². The standard InChI is InChI=1S/C15H13ClN2O2/c16-11-4-3-5-12(10-11)17-15(19)18-8-9-20-14-7-2-1-6-13(14)18/h1-7,10H,8-9H2,(H,17,19). The molecule has 5 heteroatoms. The van der Waals surface area contributed by atoms with E-state index in [-0.39, 0.29) is 6.03 Å². The number of fused-ring (bicyclic) bond motifs is 1. The van der Waals surface area contributed by atoms with Crippen molar-refractivity contribution >= 4 is 29.0 Å². The molecule has 3 rings (SSSR count). The summed E-state index contributed by atoms with van der Waals surface area (Å²) in [5, 5.41) is 3.43. The molecule has 0 saturated carbocycles. The lowest BCUT2D eigenvalue weighted by Crippen LogP contribution is -2.40. The summed E-state index contributed by atoms with van der Waals surface area (Å²) in [7, 11) is 0. The smallest absolute Gasteiger partial charge is 0.326 e. The number of carbonyl (C=O) groups excluding carboxylic acids is 1. The monoisotopic (exact) mass is 288 g/mol. The third kappa shape index (κ3) is 2.56. The maximum Gasteiger partial charge on any atom is 0.326 e. The fourth-order valence-electron chi connectivity index (χ4n) is 2.14. The Morgan fingerprint density at radius 1 is 1.20 bits per heavy atom. The Hall–Kier alpha value is -2.20. The van der Waals surface area contributed by atoms with Crippen LogP contribution in [0.5, 0.6) is 5.75 Å². The van der Waals surface area contributed by atoms with E-state index in [9.17, 15) is 4.79 Å². The van der Waals surface area contributed by atoms with Crippen molar-refractivity contribution in [1.29, 1.82) is 0 Å². The molecule has 0 fully saturated rings. The molecule has 1 heterocycles. The summed E-state index contributed by atoms with van der Waals surface area (Å²) in [4.78, 5) is 14.0. The van der Waals surface area contributed by atoms with E-state index in [1.54, 1.807) is 29.2 Å². The Balaban J connectivity index is 1.82. The molecule has 1 aliphatic heterocycles. The van der Waals surface area contributed by atoms with Gasteiger partial charge in [0.1, 0.15) is 12.4 Å². The molecule has 20 heavy (non-hydrogen) atoms. The summed E-state index contributed by atoms with van der Waals surface area (Å²) in [6.45, 7) is 1.00. The molecule has 0 atom stereocenters. The van der Waals surface area contributed by atoms with Gasteiger partial charge in [0.25, 0.3) is 0 Å². The van der Waals surface area contributed by atoms with E-state index in [0.717, 1.165) is 11.4 Å². The van der Waals surface area contributed by atoms with Crippen LogP contribution in [0, 0.1) is 0 Å². The first-order valence-electron chi connectivity index (χ1n) is 6.30. The highest BCUT2D eigenvalue weighted by atomic mass is 35.5. The van der Waals surface area contributed by atoms with Gasteiger partial charge in [-0.15, -0.1) is 0 Å². The number of hydrogen-bond acceptors (Lipinski definition) is 2. The van der Waals surface area contributed by atoms with E-state index in [1.165, 1.54) is 0 Å². The number of nitrogens with zero attached hydrogens (tertiary/aromatic N) is 1. The van der Waals surface area contributed by atoms with Gasteiger partial charge in [-0.05, 0) is 30.3 Å². The predicted octanol–water partition coefficient (Wildman–Crippen LogP) is 3.77. The minimum absolute atomic E-state index is 0.192. The number of para-hydroxylation sites is 2. The molecule has 2 aromatic rings. The summed E-state index contributed by atoms with van der Waals surface area (Å²) in [5.74, 6) is 0.722. The molecule has 2 amide bonds. The summed E-state index contributed by atoms with van der Waals surface area (Å²) < 4.78 is 5.53. The van der Waals surface area contributed by atoms with Gasteiger partial charge in [-0.1, -0.05) is 29.8 Å². The molecule has 102 valence electrons. The van der Waals surface area contributed by atoms with Crippen LogP contribution < -0.4 is 15.0 Å². The molecule has 0 aliphatic carbocycles. The molecule has 4 nitrogen and oxygen atoms in total. The SMILES string of the molecule is O=C(Nc1cccc(Cl)c1)N1CCOc2ccccc21. The Morgan fingerprint density at radius 2 is 2.05 bits per heavy atom. The Labute approximate surface area is 121 Å². The van der Waals surface area contributed by atoms with Crippen LogP contribution in [-0.2, 0) is 0 Å². The van der Waals surface area contributed by atoms with Crippen LogP contribution in [0.1, 0.15) is 0 Å². The predicted molar refractivity (Wildman–Crippen MR) is 79.8 cm³/mol. The number of ether oxygens (including phenoxy) is 1. The zero-order valence-electron chi connectivity index (χ0n) is 10.7. The van der Waals surface area contributed by atoms with Crippen LogP contribution in [0.25, 0.3) is 0 Å². The van der Waals surface area contributed by atoms with Gasteiger partial charge in [0.15, 0.2) is 0 Å². The Bertz CT molecular complexity index is 645. The molecular weight excluding hydrogens is 276 g/mol. The number of benzene rings is 2. The number of carbonyl (C=O) groups is 1. The average molecular weight is 289 g/mol. The second-order valence-corrected chi connectivity index (χ2v) is 4.84. The lowest BCUT2D eigenvalue weighted by Gasteiger charge is -2.29. The first kappa shape index (κ1) is 12.8. The van der Waals surface area contributed by atoms with Crippen molar-refractivity contribution in [2.45, 2.75) is 0 Å². The van der Waals surface area contributed by atoms with Gasteiger partial charge in [0.2, 0.25) is 0 Å². The van der Waals surface area contributed by atoms with Gasteiger partial charge < -0.3 is 10.1 Å². The van der Waals surface area contributed by atoms with Crippen molar-refractivity contribution in [1.82, 2.24) is 0 Å². The summed E-state index contributed by atoms with van der Waals surface area (Å²) in [5.41, 5.74) is 1.45. The zero-order chi connectivity index (χ0) is 13.9. The quantitative estimate of drug-likeness (QED) is 0.868. The Morgan fingerprint density at radius 3 is 2.90 bits per heavy atom. The normalized spacial score (nSPS) is 13.3. The minimum Gasteiger partial charge on any atom is -0.490 e. The van der Waals surface area contributed by atoms with Crippen molar-refractivity contribution in [3.63, 3.8) is 0 Å². The molecule has 0 radical (unpaired) electrons. The van der Waals surface area contributed by atoms with Crippen LogP contribution in [0.2, 0.25) is 5.02 Å². The maximum atomic E-state index is 12.4. The number of hydrogen-bond donors (Lipinski definition) is 1. The van der Waals surface area contributed by atoms with Crippen LogP contribution in [0.15, 0.2) is 48.5 Å². The maximum absolute atomic E-state index is 12.4. The molecule has 0 aromatic heterocycles. The average Bonchev–Trinajstić information content (AvgIpc) is 2.46. The van der Waals surface area contributed by atoms with Gasteiger partial charge in [-0.25, -0.2) is 4.79 Å². The van der Waals surface area contributed by atoms with Crippen LogP contribution in [-0.4, -0.2) is 19.2 Å². The topological polar surface area (TPSA) is 41.6 Å². The molecule has 0 unspecified atom stereocenters. The van der Waals surface area contributed by atoms with Crippen LogP contribution in [0.3, 0.4) is 0 Å². The van der Waals surface area contributed by atoms with E-state index >= 15 is 0 Å². The number of nitrogens with one attached hydrogen (secondary N) is 1. The second kappa shape index (κ2) is 5.43. The van der Waals surface area contributed by atoms with E-state index in [4.69, 9.17) is 16.3 Å². The number of rotatable bonds is 1. The first-order chi connectivity index (χ1) is 9.74. The number of amides is 2. The van der Waals surface area contributed by atoms with Crippen molar-refractivity contribution in [2.24, 2.45) is 0 Å². The van der Waals surface area contributed by atoms with Gasteiger partial charge in [-0.2, -0.15) is 0 Å². The van der Waals surface area contributed by atoms with Crippen molar-refractivity contribution in [3.8, 4) is 5.75 Å². The van der Waals surface area contributed by atoms with Gasteiger partial charge in [-0.3, -0.25) is 4.90 Å². The lowest BCUT2D eigenvalue weighted by molar-refractivity contribution is 0.250. The van der Waals surface area contributed by atoms with Crippen LogP contribution in [0.4, 0.5) is 16.2 Å². The van der Waals surface area contributed by atoms with Gasteiger partial charge in [0, 0.05) is 10.7 Å². The summed E-state index contributed by atoms with van der Waals surface area (Å²) >= 11 is 5.91. The molecule has 0 bridgehead atoms. The van der Waals surface area contributed by atoms with Crippen LogP contribution >= 0.6 is 11.6 Å². The molecule has 1 N–H and O–H groups in total. The molecule has 0 saturated heterocycles. The van der Waals surface area contributed by atoms with E-state index < -0.39 is 0 Å². The van der Waals surface area contributed by atoms with Crippen molar-refractivity contribution in [2.75, 3.05) is 23.4 Å². The third-order valence-electron chi connectivity index (χ3n) is 3.05. The Kier molecular flexibility index (Phi) is 3.48. The molecular formula is C15H13ClN2O2. The number of anilines is 2. The highest BCUT2D eigenvalue weighted by molar-refractivity contribution is 6.30. The minimum atomic E-state index is -0.192. The number of halogens is 1. The number of urea groups is 1. The van der Waals surface area contributed by atoms with Crippen molar-refractivity contribution in [3.05, 3.63) is 53.6 Å². The fourth-order valence-corrected chi connectivity index (χ4v) is 2.33. The zero-order valence-corrected chi connectivity index (χ0v) is 11.4. The fraction of sp³-hybridized carbons (Fsp3) is 0.133. The van der Waals surface area contributed by atoms with Gasteiger partial charge in [0.05, 0.1) is 12.2 Å². The first-order valence-corrected chi connectivity index (χ1v) is 6.68. The molecule has 1 aliphatic rings. The van der Waals surface area contributed by atoms with E-state index in [1.807, 2.05) is 24.3 Å². The summed E-state index contributed by atoms with van der Waals surface area (Å²) in [6, 6.07) is 14.4.